The SMILES string of the molecule is CC(C)(C)C(=O)N1CCN(c2ccc(NCC(O)CCl)cc2)CC1. The summed E-state index contributed by atoms with van der Waals surface area (Å²) in [4.78, 5) is 16.6. The van der Waals surface area contributed by atoms with Crippen molar-refractivity contribution >= 4 is 28.9 Å². The lowest BCUT2D eigenvalue weighted by atomic mass is 9.94. The Morgan fingerprint density at radius 2 is 1.79 bits per heavy atom. The molecule has 1 heterocycles. The first-order chi connectivity index (χ1) is 11.3. The number of hydrogen-bond donors (Lipinski definition) is 2. The highest BCUT2D eigenvalue weighted by Crippen LogP contribution is 2.22. The molecule has 1 aromatic rings. The Labute approximate surface area is 149 Å². The minimum absolute atomic E-state index is 0.222. The molecule has 1 saturated heterocycles. The molecular weight excluding hydrogens is 326 g/mol. The van der Waals surface area contributed by atoms with E-state index in [-0.39, 0.29) is 17.2 Å². The van der Waals surface area contributed by atoms with Gasteiger partial charge in [0.15, 0.2) is 0 Å². The maximum Gasteiger partial charge on any atom is 0.228 e. The monoisotopic (exact) mass is 353 g/mol. The molecule has 0 radical (unpaired) electrons. The molecule has 0 bridgehead atoms. The summed E-state index contributed by atoms with van der Waals surface area (Å²) in [5, 5.41) is 12.6. The van der Waals surface area contributed by atoms with Gasteiger partial charge in [-0.1, -0.05) is 20.8 Å². The van der Waals surface area contributed by atoms with Crippen LogP contribution in [0.15, 0.2) is 24.3 Å². The van der Waals surface area contributed by atoms with Gasteiger partial charge in [-0.2, -0.15) is 0 Å². The summed E-state index contributed by atoms with van der Waals surface area (Å²) in [6, 6.07) is 8.14. The molecule has 0 aliphatic carbocycles. The Balaban J connectivity index is 1.87. The first-order valence-electron chi connectivity index (χ1n) is 8.43. The summed E-state index contributed by atoms with van der Waals surface area (Å²) in [6.45, 7) is 9.56. The summed E-state index contributed by atoms with van der Waals surface area (Å²) in [5.74, 6) is 0.447. The molecule has 1 aliphatic rings. The second kappa shape index (κ2) is 8.08. The first-order valence-corrected chi connectivity index (χ1v) is 8.97. The van der Waals surface area contributed by atoms with Crippen molar-refractivity contribution in [1.82, 2.24) is 4.90 Å². The molecule has 134 valence electrons. The lowest BCUT2D eigenvalue weighted by Crippen LogP contribution is -2.51. The summed E-state index contributed by atoms with van der Waals surface area (Å²) in [5.41, 5.74) is 1.80. The van der Waals surface area contributed by atoms with E-state index < -0.39 is 6.10 Å². The summed E-state index contributed by atoms with van der Waals surface area (Å²) in [7, 11) is 0. The number of halogens is 1. The fourth-order valence-corrected chi connectivity index (χ4v) is 2.83. The quantitative estimate of drug-likeness (QED) is 0.798. The van der Waals surface area contributed by atoms with Gasteiger partial charge in [0.05, 0.1) is 12.0 Å². The Morgan fingerprint density at radius 3 is 2.29 bits per heavy atom. The van der Waals surface area contributed by atoms with E-state index in [1.165, 1.54) is 0 Å². The Hall–Kier alpha value is -1.46. The average molecular weight is 354 g/mol. The van der Waals surface area contributed by atoms with Gasteiger partial charge in [-0.05, 0) is 24.3 Å². The zero-order valence-electron chi connectivity index (χ0n) is 14.8. The third-order valence-corrected chi connectivity index (χ3v) is 4.52. The Morgan fingerprint density at radius 1 is 1.21 bits per heavy atom. The molecule has 0 spiro atoms. The number of hydrogen-bond acceptors (Lipinski definition) is 4. The van der Waals surface area contributed by atoms with Gasteiger partial charge in [0, 0.05) is 49.5 Å². The van der Waals surface area contributed by atoms with E-state index in [0.717, 1.165) is 37.6 Å². The summed E-state index contributed by atoms with van der Waals surface area (Å²) < 4.78 is 0. The van der Waals surface area contributed by atoms with Crippen LogP contribution < -0.4 is 10.2 Å². The highest BCUT2D eigenvalue weighted by molar-refractivity contribution is 6.18. The summed E-state index contributed by atoms with van der Waals surface area (Å²) in [6.07, 6.45) is -0.542. The van der Waals surface area contributed by atoms with Gasteiger partial charge < -0.3 is 20.2 Å². The van der Waals surface area contributed by atoms with Crippen LogP contribution in [-0.4, -0.2) is 60.6 Å². The molecule has 0 saturated carbocycles. The maximum absolute atomic E-state index is 12.3. The normalized spacial score (nSPS) is 16.9. The van der Waals surface area contributed by atoms with Crippen molar-refractivity contribution in [2.75, 3.05) is 48.8 Å². The van der Waals surface area contributed by atoms with E-state index in [0.29, 0.717) is 6.54 Å². The fourth-order valence-electron chi connectivity index (χ4n) is 2.72. The molecule has 6 heteroatoms. The van der Waals surface area contributed by atoms with Crippen molar-refractivity contribution < 1.29 is 9.90 Å². The molecule has 1 amide bonds. The van der Waals surface area contributed by atoms with Gasteiger partial charge in [0.2, 0.25) is 5.91 Å². The molecule has 2 N–H and O–H groups in total. The lowest BCUT2D eigenvalue weighted by Gasteiger charge is -2.38. The van der Waals surface area contributed by atoms with Crippen LogP contribution in [0.1, 0.15) is 20.8 Å². The van der Waals surface area contributed by atoms with E-state index in [2.05, 4.69) is 22.3 Å². The number of alkyl halides is 1. The minimum atomic E-state index is -0.542. The number of anilines is 2. The fraction of sp³-hybridized carbons (Fsp3) is 0.611. The van der Waals surface area contributed by atoms with Crippen LogP contribution in [0.4, 0.5) is 11.4 Å². The zero-order valence-corrected chi connectivity index (χ0v) is 15.5. The molecule has 5 nitrogen and oxygen atoms in total. The summed E-state index contributed by atoms with van der Waals surface area (Å²) >= 11 is 5.58. The molecule has 2 rings (SSSR count). The number of amides is 1. The number of aliphatic hydroxyl groups excluding tert-OH is 1. The van der Waals surface area contributed by atoms with Crippen LogP contribution >= 0.6 is 11.6 Å². The number of carbonyl (C=O) groups excluding carboxylic acids is 1. The van der Waals surface area contributed by atoms with Crippen LogP contribution in [0.3, 0.4) is 0 Å². The predicted octanol–water partition coefficient (Wildman–Crippen LogP) is 2.39. The van der Waals surface area contributed by atoms with Gasteiger partial charge in [0.25, 0.3) is 0 Å². The van der Waals surface area contributed by atoms with E-state index in [4.69, 9.17) is 11.6 Å². The van der Waals surface area contributed by atoms with Crippen LogP contribution in [0.25, 0.3) is 0 Å². The average Bonchev–Trinajstić information content (AvgIpc) is 2.58. The Kier molecular flexibility index (Phi) is 6.35. The van der Waals surface area contributed by atoms with Crippen molar-refractivity contribution in [2.24, 2.45) is 5.41 Å². The van der Waals surface area contributed by atoms with Crippen LogP contribution in [0, 0.1) is 5.41 Å². The van der Waals surface area contributed by atoms with Crippen molar-refractivity contribution in [3.63, 3.8) is 0 Å². The number of rotatable bonds is 5. The number of carbonyl (C=O) groups is 1. The first kappa shape index (κ1) is 18.9. The lowest BCUT2D eigenvalue weighted by molar-refractivity contribution is -0.139. The third-order valence-electron chi connectivity index (χ3n) is 4.16. The van der Waals surface area contributed by atoms with Crippen LogP contribution in [-0.2, 0) is 4.79 Å². The minimum Gasteiger partial charge on any atom is -0.390 e. The largest absolute Gasteiger partial charge is 0.390 e. The van der Waals surface area contributed by atoms with Gasteiger partial charge in [0.1, 0.15) is 0 Å². The molecule has 1 atom stereocenters. The number of aliphatic hydroxyl groups is 1. The highest BCUT2D eigenvalue weighted by Gasteiger charge is 2.29. The maximum atomic E-state index is 12.3. The zero-order chi connectivity index (χ0) is 17.7. The molecule has 1 aliphatic heterocycles. The van der Waals surface area contributed by atoms with E-state index in [1.54, 1.807) is 0 Å². The molecule has 24 heavy (non-hydrogen) atoms. The van der Waals surface area contributed by atoms with Crippen molar-refractivity contribution in [3.8, 4) is 0 Å². The standard InChI is InChI=1S/C18H28ClN3O2/c1-18(2,3)17(24)22-10-8-21(9-11-22)15-6-4-14(5-7-15)20-13-16(23)12-19/h4-7,16,20,23H,8-13H2,1-3H3. The van der Waals surface area contributed by atoms with E-state index >= 15 is 0 Å². The number of nitrogens with zero attached hydrogens (tertiary/aromatic N) is 2. The van der Waals surface area contributed by atoms with E-state index in [1.807, 2.05) is 37.8 Å². The van der Waals surface area contributed by atoms with E-state index in [9.17, 15) is 9.90 Å². The van der Waals surface area contributed by atoms with Crippen molar-refractivity contribution in [2.45, 2.75) is 26.9 Å². The molecule has 1 unspecified atom stereocenters. The molecule has 1 fully saturated rings. The van der Waals surface area contributed by atoms with Gasteiger partial charge >= 0.3 is 0 Å². The highest BCUT2D eigenvalue weighted by atomic mass is 35.5. The van der Waals surface area contributed by atoms with Crippen LogP contribution in [0.5, 0.6) is 0 Å². The number of benzene rings is 1. The second-order valence-corrected chi connectivity index (χ2v) is 7.57. The molecule has 0 aromatic heterocycles. The second-order valence-electron chi connectivity index (χ2n) is 7.27. The molecule has 1 aromatic carbocycles. The number of piperazine rings is 1. The smallest absolute Gasteiger partial charge is 0.228 e. The van der Waals surface area contributed by atoms with Gasteiger partial charge in [-0.25, -0.2) is 0 Å². The van der Waals surface area contributed by atoms with Crippen LogP contribution in [0.2, 0.25) is 0 Å². The predicted molar refractivity (Wildman–Crippen MR) is 99.9 cm³/mol. The molecular formula is C18H28ClN3O2. The topological polar surface area (TPSA) is 55.8 Å². The van der Waals surface area contributed by atoms with Crippen molar-refractivity contribution in [3.05, 3.63) is 24.3 Å². The third kappa shape index (κ3) is 5.02. The number of nitrogens with one attached hydrogen (secondary N) is 1. The Bertz CT molecular complexity index is 534. The van der Waals surface area contributed by atoms with Crippen molar-refractivity contribution in [1.29, 1.82) is 0 Å². The van der Waals surface area contributed by atoms with Gasteiger partial charge in [-0.3, -0.25) is 4.79 Å². The van der Waals surface area contributed by atoms with Gasteiger partial charge in [-0.15, -0.1) is 11.6 Å².